The van der Waals surface area contributed by atoms with E-state index in [-0.39, 0.29) is 36.4 Å². The van der Waals surface area contributed by atoms with Crippen LogP contribution >= 0.6 is 11.3 Å². The van der Waals surface area contributed by atoms with Gasteiger partial charge in [0.15, 0.2) is 5.78 Å². The van der Waals surface area contributed by atoms with Gasteiger partial charge in [-0.3, -0.25) is 25.2 Å². The molecule has 0 spiro atoms. The highest BCUT2D eigenvalue weighted by molar-refractivity contribution is 7.12. The maximum Gasteiger partial charge on any atom is 0.241 e. The predicted molar refractivity (Wildman–Crippen MR) is 76.4 cm³/mol. The lowest BCUT2D eigenvalue weighted by molar-refractivity contribution is -0.129. The number of hydrazine groups is 1. The van der Waals surface area contributed by atoms with Crippen molar-refractivity contribution in [2.45, 2.75) is 39.5 Å². The zero-order chi connectivity index (χ0) is 14.7. The summed E-state index contributed by atoms with van der Waals surface area (Å²) >= 11 is 1.58. The van der Waals surface area contributed by atoms with Crippen molar-refractivity contribution in [3.05, 3.63) is 21.4 Å². The molecule has 2 N–H and O–H groups in total. The molecule has 1 aliphatic carbocycles. The van der Waals surface area contributed by atoms with E-state index in [2.05, 4.69) is 10.9 Å². The summed E-state index contributed by atoms with van der Waals surface area (Å²) < 4.78 is 0. The van der Waals surface area contributed by atoms with Crippen molar-refractivity contribution in [3.8, 4) is 0 Å². The molecule has 0 bridgehead atoms. The average molecular weight is 294 g/mol. The monoisotopic (exact) mass is 294 g/mol. The summed E-state index contributed by atoms with van der Waals surface area (Å²) in [4.78, 5) is 36.9. The molecular formula is C14H18N2O3S. The standard InChI is InChI=1S/C14H18N2O3S/c1-8-7-11(9(2)20-8)12(17)5-6-13(18)15-16-14(19)10-3-4-10/h7,10H,3-6H2,1-2H3,(H,15,18)(H,16,19). The van der Waals surface area contributed by atoms with Gasteiger partial charge in [-0.2, -0.15) is 0 Å². The van der Waals surface area contributed by atoms with Crippen molar-refractivity contribution >= 4 is 28.9 Å². The Hall–Kier alpha value is -1.69. The van der Waals surface area contributed by atoms with Gasteiger partial charge in [0.25, 0.3) is 0 Å². The first kappa shape index (κ1) is 14.7. The van der Waals surface area contributed by atoms with Crippen LogP contribution in [0.3, 0.4) is 0 Å². The molecule has 6 heteroatoms. The van der Waals surface area contributed by atoms with Crippen LogP contribution in [0.25, 0.3) is 0 Å². The van der Waals surface area contributed by atoms with Crippen LogP contribution in [0.4, 0.5) is 0 Å². The van der Waals surface area contributed by atoms with Gasteiger partial charge < -0.3 is 0 Å². The molecule has 0 radical (unpaired) electrons. The molecule has 108 valence electrons. The second-order valence-corrected chi connectivity index (χ2v) is 6.52. The molecule has 2 amide bonds. The van der Waals surface area contributed by atoms with Crippen LogP contribution in [0.15, 0.2) is 6.07 Å². The molecule has 5 nitrogen and oxygen atoms in total. The number of rotatable bonds is 5. The molecule has 0 atom stereocenters. The molecule has 1 aromatic rings. The maximum atomic E-state index is 12.0. The number of hydrogen-bond acceptors (Lipinski definition) is 4. The fourth-order valence-corrected chi connectivity index (χ4v) is 2.85. The summed E-state index contributed by atoms with van der Waals surface area (Å²) in [5, 5.41) is 0. The maximum absolute atomic E-state index is 12.0. The smallest absolute Gasteiger partial charge is 0.241 e. The summed E-state index contributed by atoms with van der Waals surface area (Å²) in [6, 6.07) is 1.86. The van der Waals surface area contributed by atoms with Crippen molar-refractivity contribution in [2.75, 3.05) is 0 Å². The van der Waals surface area contributed by atoms with Gasteiger partial charge in [-0.15, -0.1) is 11.3 Å². The van der Waals surface area contributed by atoms with E-state index in [9.17, 15) is 14.4 Å². The Morgan fingerprint density at radius 3 is 2.45 bits per heavy atom. The van der Waals surface area contributed by atoms with Crippen LogP contribution in [-0.2, 0) is 9.59 Å². The average Bonchev–Trinajstić information content (AvgIpc) is 3.19. The van der Waals surface area contributed by atoms with E-state index in [1.807, 2.05) is 19.9 Å². The molecular weight excluding hydrogens is 276 g/mol. The minimum absolute atomic E-state index is 0.0319. The van der Waals surface area contributed by atoms with Gasteiger partial charge in [-0.1, -0.05) is 0 Å². The minimum atomic E-state index is -0.336. The number of carbonyl (C=O) groups excluding carboxylic acids is 3. The third-order valence-electron chi connectivity index (χ3n) is 3.19. The Bertz CT molecular complexity index is 547. The van der Waals surface area contributed by atoms with Gasteiger partial charge >= 0.3 is 0 Å². The Kier molecular flexibility index (Phi) is 4.54. The van der Waals surface area contributed by atoms with E-state index in [1.165, 1.54) is 0 Å². The van der Waals surface area contributed by atoms with Gasteiger partial charge in [0, 0.05) is 34.1 Å². The molecule has 1 saturated carbocycles. The zero-order valence-electron chi connectivity index (χ0n) is 11.6. The number of nitrogens with one attached hydrogen (secondary N) is 2. The van der Waals surface area contributed by atoms with Gasteiger partial charge in [-0.25, -0.2) is 0 Å². The van der Waals surface area contributed by atoms with E-state index < -0.39 is 0 Å². The lowest BCUT2D eigenvalue weighted by Crippen LogP contribution is -2.42. The molecule has 20 heavy (non-hydrogen) atoms. The fraction of sp³-hybridized carbons (Fsp3) is 0.500. The molecule has 0 saturated heterocycles. The second-order valence-electron chi connectivity index (χ2n) is 5.06. The lowest BCUT2D eigenvalue weighted by atomic mass is 10.1. The van der Waals surface area contributed by atoms with E-state index in [0.717, 1.165) is 22.6 Å². The SMILES string of the molecule is Cc1cc(C(=O)CCC(=O)NNC(=O)C2CC2)c(C)s1. The topological polar surface area (TPSA) is 75.3 Å². The van der Waals surface area contributed by atoms with Gasteiger partial charge in [0.05, 0.1) is 0 Å². The molecule has 1 aliphatic rings. The molecule has 2 rings (SSSR count). The Morgan fingerprint density at radius 2 is 1.90 bits per heavy atom. The van der Waals surface area contributed by atoms with Crippen LogP contribution in [-0.4, -0.2) is 17.6 Å². The first-order chi connectivity index (χ1) is 9.47. The van der Waals surface area contributed by atoms with Crippen molar-refractivity contribution in [3.63, 3.8) is 0 Å². The van der Waals surface area contributed by atoms with Gasteiger partial charge in [-0.05, 0) is 32.8 Å². The largest absolute Gasteiger partial charge is 0.294 e. The zero-order valence-corrected chi connectivity index (χ0v) is 12.4. The van der Waals surface area contributed by atoms with Gasteiger partial charge in [0.2, 0.25) is 11.8 Å². The predicted octanol–water partition coefficient (Wildman–Crippen LogP) is 1.89. The van der Waals surface area contributed by atoms with E-state index in [0.29, 0.717) is 5.56 Å². The molecule has 0 aliphatic heterocycles. The highest BCUT2D eigenvalue weighted by Crippen LogP contribution is 2.28. The fourth-order valence-electron chi connectivity index (χ4n) is 1.91. The van der Waals surface area contributed by atoms with Crippen LogP contribution in [0.5, 0.6) is 0 Å². The molecule has 0 unspecified atom stereocenters. The number of hydrogen-bond donors (Lipinski definition) is 2. The van der Waals surface area contributed by atoms with E-state index >= 15 is 0 Å². The highest BCUT2D eigenvalue weighted by atomic mass is 32.1. The number of amides is 2. The van der Waals surface area contributed by atoms with Crippen LogP contribution in [0, 0.1) is 19.8 Å². The normalized spacial score (nSPS) is 13.9. The number of aryl methyl sites for hydroxylation is 2. The van der Waals surface area contributed by atoms with E-state index in [4.69, 9.17) is 0 Å². The van der Waals surface area contributed by atoms with Gasteiger partial charge in [0.1, 0.15) is 0 Å². The van der Waals surface area contributed by atoms with E-state index in [1.54, 1.807) is 11.3 Å². The van der Waals surface area contributed by atoms with Crippen LogP contribution in [0.1, 0.15) is 45.8 Å². The Morgan fingerprint density at radius 1 is 1.20 bits per heavy atom. The van der Waals surface area contributed by atoms with Crippen molar-refractivity contribution in [2.24, 2.45) is 5.92 Å². The molecule has 1 heterocycles. The lowest BCUT2D eigenvalue weighted by Gasteiger charge is -2.06. The summed E-state index contributed by atoms with van der Waals surface area (Å²) in [5.74, 6) is -0.463. The number of thiophene rings is 1. The van der Waals surface area contributed by atoms with Crippen LogP contribution < -0.4 is 10.9 Å². The number of ketones is 1. The molecule has 1 aromatic heterocycles. The Labute approximate surface area is 121 Å². The summed E-state index contributed by atoms with van der Waals surface area (Å²) in [5.41, 5.74) is 5.41. The third kappa shape index (κ3) is 3.90. The quantitative estimate of drug-likeness (QED) is 0.643. The van der Waals surface area contributed by atoms with Crippen LogP contribution in [0.2, 0.25) is 0 Å². The van der Waals surface area contributed by atoms with Crippen molar-refractivity contribution < 1.29 is 14.4 Å². The number of carbonyl (C=O) groups is 3. The first-order valence-electron chi connectivity index (χ1n) is 6.66. The Balaban J connectivity index is 1.73. The van der Waals surface area contributed by atoms with Crippen molar-refractivity contribution in [1.29, 1.82) is 0 Å². The summed E-state index contributed by atoms with van der Waals surface area (Å²) in [6.07, 6.45) is 2.01. The number of Topliss-reactive ketones (excluding diaryl/α,β-unsaturated/α-hetero) is 1. The third-order valence-corrected chi connectivity index (χ3v) is 4.16. The summed E-state index contributed by atoms with van der Waals surface area (Å²) in [7, 11) is 0. The molecule has 0 aromatic carbocycles. The minimum Gasteiger partial charge on any atom is -0.294 e. The summed E-state index contributed by atoms with van der Waals surface area (Å²) in [6.45, 7) is 3.86. The first-order valence-corrected chi connectivity index (χ1v) is 7.48. The highest BCUT2D eigenvalue weighted by Gasteiger charge is 2.29. The second kappa shape index (κ2) is 6.17. The van der Waals surface area contributed by atoms with Crippen molar-refractivity contribution in [1.82, 2.24) is 10.9 Å². The molecule has 1 fully saturated rings.